The lowest BCUT2D eigenvalue weighted by Crippen LogP contribution is -2.27. The van der Waals surface area contributed by atoms with E-state index in [-0.39, 0.29) is 11.9 Å². The summed E-state index contributed by atoms with van der Waals surface area (Å²) < 4.78 is 4.68. The molecule has 1 aromatic heterocycles. The van der Waals surface area contributed by atoms with Crippen molar-refractivity contribution in [3.63, 3.8) is 0 Å². The minimum Gasteiger partial charge on any atom is -0.465 e. The van der Waals surface area contributed by atoms with Gasteiger partial charge < -0.3 is 9.64 Å². The van der Waals surface area contributed by atoms with Crippen LogP contribution in [0.1, 0.15) is 32.1 Å². The van der Waals surface area contributed by atoms with Crippen LogP contribution in [0.15, 0.2) is 54.6 Å². The van der Waals surface area contributed by atoms with Gasteiger partial charge in [-0.2, -0.15) is 9.90 Å². The van der Waals surface area contributed by atoms with Gasteiger partial charge in [-0.3, -0.25) is 4.79 Å². The number of hydrogen-bond donors (Lipinski definition) is 0. The second-order valence-corrected chi connectivity index (χ2v) is 6.11. The maximum Gasteiger partial charge on any atom is 0.337 e. The summed E-state index contributed by atoms with van der Waals surface area (Å²) in [7, 11) is 3.05. The molecule has 1 amide bonds. The molecule has 0 unspecified atom stereocenters. The molecule has 0 radical (unpaired) electrons. The van der Waals surface area contributed by atoms with E-state index in [1.165, 1.54) is 11.9 Å². The second-order valence-electron chi connectivity index (χ2n) is 6.11. The Balaban J connectivity index is 1.74. The first-order valence-corrected chi connectivity index (χ1v) is 8.41. The fourth-order valence-electron chi connectivity index (χ4n) is 2.64. The van der Waals surface area contributed by atoms with E-state index in [1.807, 2.05) is 30.3 Å². The molecule has 0 aliphatic rings. The summed E-state index contributed by atoms with van der Waals surface area (Å²) in [6.45, 7) is 2.15. The van der Waals surface area contributed by atoms with Gasteiger partial charge in [-0.25, -0.2) is 4.79 Å². The Morgan fingerprint density at radius 2 is 1.70 bits per heavy atom. The van der Waals surface area contributed by atoms with Gasteiger partial charge in [-0.1, -0.05) is 30.3 Å². The molecular formula is C20H20N4O3. The van der Waals surface area contributed by atoms with Crippen molar-refractivity contribution in [3.05, 3.63) is 77.1 Å². The lowest BCUT2D eigenvalue weighted by molar-refractivity contribution is 0.0600. The number of aromatic nitrogens is 3. The summed E-state index contributed by atoms with van der Waals surface area (Å²) in [6, 6.07) is 16.4. The molecule has 0 aliphatic carbocycles. The van der Waals surface area contributed by atoms with E-state index in [1.54, 1.807) is 43.1 Å². The third kappa shape index (κ3) is 4.03. The molecule has 7 heteroatoms. The number of hydrogen-bond acceptors (Lipinski definition) is 5. The summed E-state index contributed by atoms with van der Waals surface area (Å²) in [6.07, 6.45) is 0. The number of ether oxygens (including phenoxy) is 1. The molecule has 0 fully saturated rings. The average Bonchev–Trinajstić information content (AvgIpc) is 3.09. The van der Waals surface area contributed by atoms with Crippen molar-refractivity contribution in [3.8, 4) is 5.69 Å². The fraction of sp³-hybridized carbons (Fsp3) is 0.200. The van der Waals surface area contributed by atoms with E-state index in [4.69, 9.17) is 0 Å². The standard InChI is InChI=1S/C20H20N4O3/c1-14-18(22-24(21-14)17-7-5-4-6-8-17)19(25)23(2)13-15-9-11-16(12-10-15)20(26)27-3/h4-12H,13H2,1-3H3. The van der Waals surface area contributed by atoms with E-state index >= 15 is 0 Å². The molecule has 27 heavy (non-hydrogen) atoms. The first-order valence-electron chi connectivity index (χ1n) is 8.41. The van der Waals surface area contributed by atoms with Gasteiger partial charge in [-0.15, -0.1) is 5.10 Å². The molecule has 0 N–H and O–H groups in total. The number of amides is 1. The van der Waals surface area contributed by atoms with Gasteiger partial charge >= 0.3 is 5.97 Å². The lowest BCUT2D eigenvalue weighted by Gasteiger charge is -2.16. The Kier molecular flexibility index (Phi) is 5.30. The van der Waals surface area contributed by atoms with E-state index in [0.29, 0.717) is 23.5 Å². The van der Waals surface area contributed by atoms with Crippen molar-refractivity contribution in [2.24, 2.45) is 0 Å². The van der Waals surface area contributed by atoms with Gasteiger partial charge in [0.05, 0.1) is 24.1 Å². The molecule has 0 saturated carbocycles. The minimum atomic E-state index is -0.390. The SMILES string of the molecule is COC(=O)c1ccc(CN(C)C(=O)c2nn(-c3ccccc3)nc2C)cc1. The van der Waals surface area contributed by atoms with Gasteiger partial charge in [0.1, 0.15) is 0 Å². The molecule has 3 aromatic rings. The zero-order chi connectivity index (χ0) is 19.4. The first-order chi connectivity index (χ1) is 13.0. The Morgan fingerprint density at radius 1 is 1.04 bits per heavy atom. The predicted molar refractivity (Wildman–Crippen MR) is 99.7 cm³/mol. The summed E-state index contributed by atoms with van der Waals surface area (Å²) in [5, 5.41) is 8.68. The molecule has 7 nitrogen and oxygen atoms in total. The van der Waals surface area contributed by atoms with Crippen LogP contribution >= 0.6 is 0 Å². The monoisotopic (exact) mass is 364 g/mol. The number of benzene rings is 2. The van der Waals surface area contributed by atoms with Crippen LogP contribution in [-0.2, 0) is 11.3 Å². The van der Waals surface area contributed by atoms with Crippen molar-refractivity contribution >= 4 is 11.9 Å². The van der Waals surface area contributed by atoms with Crippen LogP contribution in [0.4, 0.5) is 0 Å². The Morgan fingerprint density at radius 3 is 2.33 bits per heavy atom. The highest BCUT2D eigenvalue weighted by atomic mass is 16.5. The molecule has 0 spiro atoms. The molecular weight excluding hydrogens is 344 g/mol. The Labute approximate surface area is 157 Å². The van der Waals surface area contributed by atoms with Crippen LogP contribution in [0, 0.1) is 6.92 Å². The third-order valence-corrected chi connectivity index (χ3v) is 4.11. The Hall–Kier alpha value is -3.48. The summed E-state index contributed by atoms with van der Waals surface area (Å²) in [4.78, 5) is 27.3. The van der Waals surface area contributed by atoms with E-state index in [9.17, 15) is 9.59 Å². The molecule has 0 aliphatic heterocycles. The maximum absolute atomic E-state index is 12.8. The smallest absolute Gasteiger partial charge is 0.337 e. The molecule has 1 heterocycles. The number of methoxy groups -OCH3 is 1. The van der Waals surface area contributed by atoms with E-state index < -0.39 is 0 Å². The second kappa shape index (κ2) is 7.82. The van der Waals surface area contributed by atoms with Gasteiger partial charge in [0.15, 0.2) is 5.69 Å². The summed E-state index contributed by atoms with van der Waals surface area (Å²) in [5.41, 5.74) is 3.04. The summed E-state index contributed by atoms with van der Waals surface area (Å²) >= 11 is 0. The fourth-order valence-corrected chi connectivity index (χ4v) is 2.64. The highest BCUT2D eigenvalue weighted by Crippen LogP contribution is 2.13. The number of para-hydroxylation sites is 1. The number of carbonyl (C=O) groups excluding carboxylic acids is 2. The average molecular weight is 364 g/mol. The van der Waals surface area contributed by atoms with Crippen molar-refractivity contribution in [1.29, 1.82) is 0 Å². The van der Waals surface area contributed by atoms with Crippen molar-refractivity contribution in [2.45, 2.75) is 13.5 Å². The molecule has 0 saturated heterocycles. The van der Waals surface area contributed by atoms with Gasteiger partial charge in [0, 0.05) is 13.6 Å². The number of rotatable bonds is 5. The van der Waals surface area contributed by atoms with Crippen LogP contribution in [0.3, 0.4) is 0 Å². The minimum absolute atomic E-state index is 0.216. The van der Waals surface area contributed by atoms with Crippen LogP contribution in [-0.4, -0.2) is 45.9 Å². The highest BCUT2D eigenvalue weighted by Gasteiger charge is 2.20. The molecule has 0 atom stereocenters. The normalized spacial score (nSPS) is 10.5. The quantitative estimate of drug-likeness (QED) is 0.651. The molecule has 138 valence electrons. The summed E-state index contributed by atoms with van der Waals surface area (Å²) in [5.74, 6) is -0.606. The predicted octanol–water partition coefficient (Wildman–Crippen LogP) is 2.63. The van der Waals surface area contributed by atoms with Crippen molar-refractivity contribution in [2.75, 3.05) is 14.2 Å². The number of carbonyl (C=O) groups is 2. The van der Waals surface area contributed by atoms with Crippen molar-refractivity contribution < 1.29 is 14.3 Å². The van der Waals surface area contributed by atoms with Gasteiger partial charge in [0.25, 0.3) is 5.91 Å². The number of nitrogens with zero attached hydrogens (tertiary/aromatic N) is 4. The van der Waals surface area contributed by atoms with Crippen LogP contribution in [0.5, 0.6) is 0 Å². The topological polar surface area (TPSA) is 77.3 Å². The van der Waals surface area contributed by atoms with E-state index in [0.717, 1.165) is 11.3 Å². The van der Waals surface area contributed by atoms with Crippen molar-refractivity contribution in [1.82, 2.24) is 19.9 Å². The molecule has 0 bridgehead atoms. The number of esters is 1. The van der Waals surface area contributed by atoms with Gasteiger partial charge in [-0.05, 0) is 36.8 Å². The van der Waals surface area contributed by atoms with Crippen LogP contribution in [0.2, 0.25) is 0 Å². The van der Waals surface area contributed by atoms with Gasteiger partial charge in [0.2, 0.25) is 0 Å². The maximum atomic E-state index is 12.8. The lowest BCUT2D eigenvalue weighted by atomic mass is 10.1. The van der Waals surface area contributed by atoms with Crippen LogP contribution < -0.4 is 0 Å². The zero-order valence-corrected chi connectivity index (χ0v) is 15.4. The molecule has 2 aromatic carbocycles. The third-order valence-electron chi connectivity index (χ3n) is 4.11. The highest BCUT2D eigenvalue weighted by molar-refractivity contribution is 5.93. The van der Waals surface area contributed by atoms with E-state index in [2.05, 4.69) is 14.9 Å². The van der Waals surface area contributed by atoms with Crippen LogP contribution in [0.25, 0.3) is 5.69 Å². The first kappa shape index (κ1) is 18.3. The Bertz CT molecular complexity index is 949. The zero-order valence-electron chi connectivity index (χ0n) is 15.4. The largest absolute Gasteiger partial charge is 0.465 e. The number of aryl methyl sites for hydroxylation is 1. The molecule has 3 rings (SSSR count).